The van der Waals surface area contributed by atoms with E-state index < -0.39 is 10.0 Å². The van der Waals surface area contributed by atoms with Crippen molar-refractivity contribution in [3.63, 3.8) is 0 Å². The molecule has 0 aliphatic carbocycles. The summed E-state index contributed by atoms with van der Waals surface area (Å²) in [6.45, 7) is 0. The fraction of sp³-hybridized carbons (Fsp3) is 0. The Morgan fingerprint density at radius 2 is 1.77 bits per heavy atom. The number of ether oxygens (including phenoxy) is 1. The zero-order valence-corrected chi connectivity index (χ0v) is 17.6. The van der Waals surface area contributed by atoms with E-state index in [1.54, 1.807) is 54.0 Å². The molecule has 4 rings (SSSR count). The zero-order valence-electron chi connectivity index (χ0n) is 15.9. The van der Waals surface area contributed by atoms with E-state index in [2.05, 4.69) is 20.0 Å². The summed E-state index contributed by atoms with van der Waals surface area (Å²) in [5.74, 6) is 0.534. The number of nitrogens with zero attached hydrogens (tertiary/aromatic N) is 2. The highest BCUT2D eigenvalue weighted by atomic mass is 32.2. The molecule has 156 valence electrons. The Kier molecular flexibility index (Phi) is 5.92. The minimum atomic E-state index is -3.75. The number of nitrogens with one attached hydrogen (secondary N) is 2. The van der Waals surface area contributed by atoms with Gasteiger partial charge in [-0.2, -0.15) is 0 Å². The Bertz CT molecular complexity index is 1280. The molecule has 2 N–H and O–H groups in total. The lowest BCUT2D eigenvalue weighted by Gasteiger charge is -2.09. The number of hydrogen-bond acceptors (Lipinski definition) is 7. The smallest absolute Gasteiger partial charge is 0.263 e. The second kappa shape index (κ2) is 8.94. The number of thiazole rings is 1. The van der Waals surface area contributed by atoms with Gasteiger partial charge >= 0.3 is 0 Å². The van der Waals surface area contributed by atoms with E-state index >= 15 is 0 Å². The Hall–Kier alpha value is -3.76. The zero-order chi connectivity index (χ0) is 21.7. The van der Waals surface area contributed by atoms with Crippen molar-refractivity contribution in [3.8, 4) is 11.6 Å². The molecule has 0 unspecified atom stereocenters. The summed E-state index contributed by atoms with van der Waals surface area (Å²) >= 11 is 1.18. The van der Waals surface area contributed by atoms with Crippen molar-refractivity contribution in [1.29, 1.82) is 0 Å². The standard InChI is InChI=1S/C21H16N4O4S2/c26-20(15-4-3-5-17(14-15)29-19-6-1-2-11-22-19)24-16-7-9-18(10-8-16)31(27,28)25-21-23-12-13-30-21/h1-14H,(H,23,25)(H,24,26). The van der Waals surface area contributed by atoms with E-state index in [-0.39, 0.29) is 15.9 Å². The highest BCUT2D eigenvalue weighted by Gasteiger charge is 2.16. The fourth-order valence-corrected chi connectivity index (χ4v) is 4.39. The van der Waals surface area contributed by atoms with E-state index in [1.807, 2.05) is 0 Å². The third-order valence-electron chi connectivity index (χ3n) is 4.03. The Morgan fingerprint density at radius 1 is 0.935 bits per heavy atom. The van der Waals surface area contributed by atoms with Crippen molar-refractivity contribution in [3.05, 3.63) is 90.1 Å². The predicted octanol–water partition coefficient (Wildman–Crippen LogP) is 4.38. The van der Waals surface area contributed by atoms with Crippen LogP contribution in [0.5, 0.6) is 11.6 Å². The lowest BCUT2D eigenvalue weighted by Crippen LogP contribution is -2.14. The predicted molar refractivity (Wildman–Crippen MR) is 118 cm³/mol. The average molecular weight is 453 g/mol. The van der Waals surface area contributed by atoms with Gasteiger partial charge in [0.05, 0.1) is 4.90 Å². The minimum absolute atomic E-state index is 0.0615. The van der Waals surface area contributed by atoms with Crippen LogP contribution in [0.2, 0.25) is 0 Å². The van der Waals surface area contributed by atoms with Gasteiger partial charge in [0.25, 0.3) is 15.9 Å². The number of carbonyl (C=O) groups is 1. The second-order valence-corrected chi connectivity index (χ2v) is 8.80. The van der Waals surface area contributed by atoms with Crippen LogP contribution in [-0.4, -0.2) is 24.3 Å². The van der Waals surface area contributed by atoms with Crippen LogP contribution in [0.4, 0.5) is 10.8 Å². The average Bonchev–Trinajstić information content (AvgIpc) is 3.27. The topological polar surface area (TPSA) is 110 Å². The maximum atomic E-state index is 12.6. The van der Waals surface area contributed by atoms with Crippen LogP contribution < -0.4 is 14.8 Å². The first-order valence-corrected chi connectivity index (χ1v) is 11.4. The van der Waals surface area contributed by atoms with Crippen LogP contribution in [0.1, 0.15) is 10.4 Å². The van der Waals surface area contributed by atoms with E-state index in [0.717, 1.165) is 0 Å². The van der Waals surface area contributed by atoms with Crippen LogP contribution in [0.15, 0.2) is 89.4 Å². The maximum absolute atomic E-state index is 12.6. The van der Waals surface area contributed by atoms with Crippen molar-refractivity contribution in [2.75, 3.05) is 10.0 Å². The van der Waals surface area contributed by atoms with Gasteiger partial charge < -0.3 is 10.1 Å². The van der Waals surface area contributed by atoms with Gasteiger partial charge in [-0.3, -0.25) is 9.52 Å². The van der Waals surface area contributed by atoms with Gasteiger partial charge in [-0.25, -0.2) is 18.4 Å². The van der Waals surface area contributed by atoms with Crippen molar-refractivity contribution >= 4 is 38.1 Å². The van der Waals surface area contributed by atoms with Gasteiger partial charge in [0.15, 0.2) is 5.13 Å². The molecule has 2 heterocycles. The molecule has 4 aromatic rings. The molecule has 2 aromatic carbocycles. The molecule has 0 fully saturated rings. The van der Waals surface area contributed by atoms with Crippen LogP contribution in [0.3, 0.4) is 0 Å². The normalized spacial score (nSPS) is 11.0. The first-order chi connectivity index (χ1) is 15.0. The summed E-state index contributed by atoms with van der Waals surface area (Å²) in [4.78, 5) is 20.6. The molecule has 0 aliphatic rings. The van der Waals surface area contributed by atoms with Crippen molar-refractivity contribution in [1.82, 2.24) is 9.97 Å². The van der Waals surface area contributed by atoms with Gasteiger partial charge in [0.1, 0.15) is 5.75 Å². The van der Waals surface area contributed by atoms with Crippen LogP contribution >= 0.6 is 11.3 Å². The van der Waals surface area contributed by atoms with E-state index in [1.165, 1.54) is 41.8 Å². The lowest BCUT2D eigenvalue weighted by molar-refractivity contribution is 0.102. The summed E-state index contributed by atoms with van der Waals surface area (Å²) in [5, 5.41) is 4.69. The molecule has 8 nitrogen and oxygen atoms in total. The summed E-state index contributed by atoms with van der Waals surface area (Å²) in [6, 6.07) is 17.8. The van der Waals surface area contributed by atoms with Crippen molar-refractivity contribution < 1.29 is 17.9 Å². The Labute approximate surface area is 182 Å². The van der Waals surface area contributed by atoms with E-state index in [0.29, 0.717) is 22.9 Å². The van der Waals surface area contributed by atoms with Crippen molar-refractivity contribution in [2.24, 2.45) is 0 Å². The molecule has 0 aliphatic heterocycles. The van der Waals surface area contributed by atoms with E-state index in [4.69, 9.17) is 4.74 Å². The monoisotopic (exact) mass is 452 g/mol. The number of rotatable bonds is 7. The molecule has 0 radical (unpaired) electrons. The number of aromatic nitrogens is 2. The van der Waals surface area contributed by atoms with Gasteiger partial charge in [-0.1, -0.05) is 12.1 Å². The number of sulfonamides is 1. The maximum Gasteiger partial charge on any atom is 0.263 e. The third-order valence-corrected chi connectivity index (χ3v) is 6.21. The van der Waals surface area contributed by atoms with Crippen LogP contribution in [0.25, 0.3) is 0 Å². The summed E-state index contributed by atoms with van der Waals surface area (Å²) in [6.07, 6.45) is 3.12. The highest BCUT2D eigenvalue weighted by Crippen LogP contribution is 2.22. The lowest BCUT2D eigenvalue weighted by atomic mass is 10.2. The molecular formula is C21H16N4O4S2. The number of anilines is 2. The molecule has 0 bridgehead atoms. The van der Waals surface area contributed by atoms with Gasteiger partial charge in [0.2, 0.25) is 5.88 Å². The molecule has 31 heavy (non-hydrogen) atoms. The van der Waals surface area contributed by atoms with Gasteiger partial charge in [-0.05, 0) is 48.5 Å². The molecular weight excluding hydrogens is 436 g/mol. The summed E-state index contributed by atoms with van der Waals surface area (Å²) in [7, 11) is -3.75. The first kappa shape index (κ1) is 20.5. The molecule has 0 saturated carbocycles. The first-order valence-electron chi connectivity index (χ1n) is 9.02. The summed E-state index contributed by atoms with van der Waals surface area (Å²) in [5.41, 5.74) is 0.838. The van der Waals surface area contributed by atoms with Crippen LogP contribution in [0, 0.1) is 0 Å². The molecule has 1 amide bonds. The summed E-state index contributed by atoms with van der Waals surface area (Å²) < 4.78 is 32.8. The molecule has 0 spiro atoms. The van der Waals surface area contributed by atoms with E-state index in [9.17, 15) is 13.2 Å². The second-order valence-electron chi connectivity index (χ2n) is 6.22. The molecule has 0 atom stereocenters. The number of hydrogen-bond donors (Lipinski definition) is 2. The third kappa shape index (κ3) is 5.24. The number of pyridine rings is 1. The molecule has 0 saturated heterocycles. The SMILES string of the molecule is O=C(Nc1ccc(S(=O)(=O)Nc2nccs2)cc1)c1cccc(Oc2ccccn2)c1. The van der Waals surface area contributed by atoms with Gasteiger partial charge in [0, 0.05) is 35.1 Å². The largest absolute Gasteiger partial charge is 0.439 e. The number of carbonyl (C=O) groups excluding carboxylic acids is 1. The number of amides is 1. The highest BCUT2D eigenvalue weighted by molar-refractivity contribution is 7.93. The number of benzene rings is 2. The Morgan fingerprint density at radius 3 is 2.48 bits per heavy atom. The van der Waals surface area contributed by atoms with Crippen LogP contribution in [-0.2, 0) is 10.0 Å². The quantitative estimate of drug-likeness (QED) is 0.430. The van der Waals surface area contributed by atoms with Gasteiger partial charge in [-0.15, -0.1) is 11.3 Å². The minimum Gasteiger partial charge on any atom is -0.439 e. The molecule has 10 heteroatoms. The Balaban J connectivity index is 1.43. The molecule has 2 aromatic heterocycles. The fourth-order valence-electron chi connectivity index (χ4n) is 2.60. The van der Waals surface area contributed by atoms with Crippen molar-refractivity contribution in [2.45, 2.75) is 4.90 Å².